The molecule has 6 heteroatoms. The number of hydrogen-bond acceptors (Lipinski definition) is 2. The van der Waals surface area contributed by atoms with Crippen LogP contribution in [0, 0.1) is 5.82 Å². The Morgan fingerprint density at radius 3 is 2.64 bits per heavy atom. The molecule has 122 valence electrons. The fraction of sp³-hybridized carbons (Fsp3) is 0.500. The van der Waals surface area contributed by atoms with Crippen LogP contribution in [-0.4, -0.2) is 38.5 Å². The lowest BCUT2D eigenvalue weighted by Gasteiger charge is -2.12. The third kappa shape index (κ3) is 7.61. The van der Waals surface area contributed by atoms with Crippen LogP contribution in [0.4, 0.5) is 4.39 Å². The molecule has 3 N–H and O–H groups in total. The van der Waals surface area contributed by atoms with E-state index >= 15 is 0 Å². The zero-order valence-electron chi connectivity index (χ0n) is 13.3. The van der Waals surface area contributed by atoms with Gasteiger partial charge in [0.1, 0.15) is 5.82 Å². The minimum atomic E-state index is -0.224. The summed E-state index contributed by atoms with van der Waals surface area (Å²) in [5, 5.41) is 9.04. The number of halogens is 1. The Morgan fingerprint density at radius 1 is 1.18 bits per heavy atom. The molecule has 0 aliphatic rings. The van der Waals surface area contributed by atoms with Crippen LogP contribution < -0.4 is 16.0 Å². The van der Waals surface area contributed by atoms with Crippen LogP contribution in [0.5, 0.6) is 0 Å². The van der Waals surface area contributed by atoms with Gasteiger partial charge in [0.25, 0.3) is 0 Å². The van der Waals surface area contributed by atoms with Crippen molar-refractivity contribution in [2.24, 2.45) is 4.99 Å². The van der Waals surface area contributed by atoms with E-state index < -0.39 is 0 Å². The second-order valence-electron chi connectivity index (χ2n) is 4.91. The van der Waals surface area contributed by atoms with Crippen LogP contribution >= 0.6 is 0 Å². The van der Waals surface area contributed by atoms with Crippen molar-refractivity contribution in [3.05, 3.63) is 35.6 Å². The summed E-state index contributed by atoms with van der Waals surface area (Å²) in [6, 6.07) is 6.54. The van der Waals surface area contributed by atoms with Gasteiger partial charge in [0.05, 0.1) is 0 Å². The van der Waals surface area contributed by atoms with E-state index in [9.17, 15) is 9.18 Å². The summed E-state index contributed by atoms with van der Waals surface area (Å²) in [4.78, 5) is 15.5. The van der Waals surface area contributed by atoms with Crippen LogP contribution in [0.15, 0.2) is 29.3 Å². The highest BCUT2D eigenvalue weighted by molar-refractivity contribution is 5.81. The van der Waals surface area contributed by atoms with E-state index in [0.29, 0.717) is 38.4 Å². The van der Waals surface area contributed by atoms with Gasteiger partial charge in [-0.05, 0) is 30.5 Å². The van der Waals surface area contributed by atoms with E-state index in [4.69, 9.17) is 0 Å². The van der Waals surface area contributed by atoms with Crippen molar-refractivity contribution >= 4 is 11.9 Å². The van der Waals surface area contributed by atoms with Crippen molar-refractivity contribution in [1.29, 1.82) is 0 Å². The van der Waals surface area contributed by atoms with E-state index in [1.165, 1.54) is 12.1 Å². The lowest BCUT2D eigenvalue weighted by atomic mass is 10.1. The molecule has 0 aromatic heterocycles. The van der Waals surface area contributed by atoms with Crippen LogP contribution in [0.25, 0.3) is 0 Å². The summed E-state index contributed by atoms with van der Waals surface area (Å²) in [7, 11) is 1.68. The summed E-state index contributed by atoms with van der Waals surface area (Å²) in [5.74, 6) is 0.447. The molecular weight excluding hydrogens is 283 g/mol. The average Bonchev–Trinajstić information content (AvgIpc) is 2.51. The molecule has 1 amide bonds. The zero-order chi connectivity index (χ0) is 16.2. The Morgan fingerprint density at radius 2 is 1.95 bits per heavy atom. The first-order valence-corrected chi connectivity index (χ1v) is 7.61. The van der Waals surface area contributed by atoms with Gasteiger partial charge >= 0.3 is 0 Å². The highest BCUT2D eigenvalue weighted by Crippen LogP contribution is 2.03. The number of guanidine groups is 1. The molecule has 0 spiro atoms. The number of carbonyl (C=O) groups excluding carboxylic acids is 1. The number of aliphatic imine (C=N–C) groups is 1. The second-order valence-corrected chi connectivity index (χ2v) is 4.91. The lowest BCUT2D eigenvalue weighted by Crippen LogP contribution is -2.40. The molecule has 0 bridgehead atoms. The number of benzene rings is 1. The fourth-order valence-electron chi connectivity index (χ4n) is 1.89. The van der Waals surface area contributed by atoms with E-state index in [-0.39, 0.29) is 11.7 Å². The average molecular weight is 308 g/mol. The summed E-state index contributed by atoms with van der Waals surface area (Å²) in [5.41, 5.74) is 0.932. The largest absolute Gasteiger partial charge is 0.356 e. The minimum Gasteiger partial charge on any atom is -0.356 e. The minimum absolute atomic E-state index is 0.0320. The van der Waals surface area contributed by atoms with Crippen molar-refractivity contribution in [2.75, 3.05) is 26.7 Å². The number of nitrogens with zero attached hydrogens (tertiary/aromatic N) is 1. The SMILES string of the molecule is CCCNC(=O)CCNC(=NC)NCCc1cccc(F)c1. The first-order valence-electron chi connectivity index (χ1n) is 7.61. The summed E-state index contributed by atoms with van der Waals surface area (Å²) in [6.07, 6.45) is 2.04. The molecular formula is C16H25FN4O. The molecule has 0 atom stereocenters. The van der Waals surface area contributed by atoms with Crippen molar-refractivity contribution in [3.63, 3.8) is 0 Å². The lowest BCUT2D eigenvalue weighted by molar-refractivity contribution is -0.120. The predicted molar refractivity (Wildman–Crippen MR) is 87.4 cm³/mol. The van der Waals surface area contributed by atoms with Gasteiger partial charge in [0, 0.05) is 33.1 Å². The predicted octanol–water partition coefficient (Wildman–Crippen LogP) is 1.45. The van der Waals surface area contributed by atoms with Crippen LogP contribution in [0.3, 0.4) is 0 Å². The highest BCUT2D eigenvalue weighted by atomic mass is 19.1. The molecule has 0 aliphatic carbocycles. The van der Waals surface area contributed by atoms with E-state index in [1.807, 2.05) is 13.0 Å². The smallest absolute Gasteiger partial charge is 0.221 e. The molecule has 0 saturated heterocycles. The van der Waals surface area contributed by atoms with Gasteiger partial charge < -0.3 is 16.0 Å². The first-order chi connectivity index (χ1) is 10.7. The maximum Gasteiger partial charge on any atom is 0.221 e. The van der Waals surface area contributed by atoms with Crippen LogP contribution in [0.1, 0.15) is 25.3 Å². The summed E-state index contributed by atoms with van der Waals surface area (Å²) < 4.78 is 13.1. The van der Waals surface area contributed by atoms with E-state index in [0.717, 1.165) is 12.0 Å². The third-order valence-electron chi connectivity index (χ3n) is 3.04. The molecule has 5 nitrogen and oxygen atoms in total. The molecule has 0 aliphatic heterocycles. The van der Waals surface area contributed by atoms with Crippen LogP contribution in [-0.2, 0) is 11.2 Å². The molecule has 0 radical (unpaired) electrons. The van der Waals surface area contributed by atoms with Crippen molar-refractivity contribution in [1.82, 2.24) is 16.0 Å². The monoisotopic (exact) mass is 308 g/mol. The maximum atomic E-state index is 13.1. The maximum absolute atomic E-state index is 13.1. The van der Waals surface area contributed by atoms with Crippen molar-refractivity contribution in [3.8, 4) is 0 Å². The summed E-state index contributed by atoms with van der Waals surface area (Å²) >= 11 is 0. The Hall–Kier alpha value is -2.11. The summed E-state index contributed by atoms with van der Waals surface area (Å²) in [6.45, 7) is 3.89. The van der Waals surface area contributed by atoms with Gasteiger partial charge in [-0.1, -0.05) is 19.1 Å². The van der Waals surface area contributed by atoms with Gasteiger partial charge in [-0.3, -0.25) is 9.79 Å². The van der Waals surface area contributed by atoms with Gasteiger partial charge in [-0.25, -0.2) is 4.39 Å². The Kier molecular flexibility index (Phi) is 8.64. The van der Waals surface area contributed by atoms with E-state index in [2.05, 4.69) is 20.9 Å². The van der Waals surface area contributed by atoms with Crippen LogP contribution in [0.2, 0.25) is 0 Å². The normalized spacial score (nSPS) is 11.1. The standard InChI is InChI=1S/C16H25FN4O/c1-3-9-19-15(22)8-11-21-16(18-2)20-10-7-13-5-4-6-14(17)12-13/h4-6,12H,3,7-11H2,1-2H3,(H,19,22)(H2,18,20,21). The number of rotatable bonds is 8. The molecule has 0 heterocycles. The second kappa shape index (κ2) is 10.6. The molecule has 0 fully saturated rings. The Labute approximate surface area is 131 Å². The van der Waals surface area contributed by atoms with E-state index in [1.54, 1.807) is 13.1 Å². The van der Waals surface area contributed by atoms with Gasteiger partial charge in [0.2, 0.25) is 5.91 Å². The molecule has 0 unspecified atom stereocenters. The number of carbonyl (C=O) groups is 1. The molecule has 22 heavy (non-hydrogen) atoms. The number of hydrogen-bond donors (Lipinski definition) is 3. The Balaban J connectivity index is 2.21. The van der Waals surface area contributed by atoms with Gasteiger partial charge in [0.15, 0.2) is 5.96 Å². The first kappa shape index (κ1) is 17.9. The molecule has 1 rings (SSSR count). The topological polar surface area (TPSA) is 65.5 Å². The fourth-order valence-corrected chi connectivity index (χ4v) is 1.89. The molecule has 0 saturated carbocycles. The van der Waals surface area contributed by atoms with Gasteiger partial charge in [-0.2, -0.15) is 0 Å². The number of nitrogens with one attached hydrogen (secondary N) is 3. The Bertz CT molecular complexity index is 491. The molecule has 1 aromatic rings. The van der Waals surface area contributed by atoms with Gasteiger partial charge in [-0.15, -0.1) is 0 Å². The highest BCUT2D eigenvalue weighted by Gasteiger charge is 2.02. The van der Waals surface area contributed by atoms with Crippen molar-refractivity contribution < 1.29 is 9.18 Å². The zero-order valence-corrected chi connectivity index (χ0v) is 13.3. The molecule has 1 aromatic carbocycles. The third-order valence-corrected chi connectivity index (χ3v) is 3.04. The quantitative estimate of drug-likeness (QED) is 0.503. The van der Waals surface area contributed by atoms with Crippen molar-refractivity contribution in [2.45, 2.75) is 26.2 Å². The number of amides is 1.